The molecule has 1 aromatic carbocycles. The van der Waals surface area contributed by atoms with Crippen molar-refractivity contribution < 1.29 is 12.8 Å². The summed E-state index contributed by atoms with van der Waals surface area (Å²) in [4.78, 5) is -0.0411. The molecule has 0 unspecified atom stereocenters. The molecule has 0 saturated heterocycles. The van der Waals surface area contributed by atoms with E-state index in [1.165, 1.54) is 18.2 Å². The Hall–Kier alpha value is -0.980. The standard InChI is InChI=1S/C13H19FN2O2S/c14-12-7-4-8-13(11(12)9-15)19(17,18)16-10-5-2-1-3-6-10/h4,7-8,10,16H,1-3,5-6,9,15H2. The molecule has 0 radical (unpaired) electrons. The van der Waals surface area contributed by atoms with Crippen molar-refractivity contribution in [1.82, 2.24) is 4.72 Å². The minimum Gasteiger partial charge on any atom is -0.326 e. The smallest absolute Gasteiger partial charge is 0.241 e. The van der Waals surface area contributed by atoms with Crippen molar-refractivity contribution in [3.8, 4) is 0 Å². The summed E-state index contributed by atoms with van der Waals surface area (Å²) in [5.74, 6) is -0.575. The first kappa shape index (κ1) is 14.4. The van der Waals surface area contributed by atoms with Gasteiger partial charge in [-0.15, -0.1) is 0 Å². The van der Waals surface area contributed by atoms with Gasteiger partial charge < -0.3 is 5.73 Å². The van der Waals surface area contributed by atoms with Gasteiger partial charge >= 0.3 is 0 Å². The molecule has 1 aliphatic rings. The second-order valence-corrected chi connectivity index (χ2v) is 6.56. The maximum Gasteiger partial charge on any atom is 0.241 e. The Labute approximate surface area is 113 Å². The highest BCUT2D eigenvalue weighted by Crippen LogP contribution is 2.22. The van der Waals surface area contributed by atoms with E-state index in [-0.39, 0.29) is 23.0 Å². The number of sulfonamides is 1. The molecule has 0 amide bonds. The van der Waals surface area contributed by atoms with Crippen LogP contribution in [-0.2, 0) is 16.6 Å². The largest absolute Gasteiger partial charge is 0.326 e. The summed E-state index contributed by atoms with van der Waals surface area (Å²) < 4.78 is 40.8. The van der Waals surface area contributed by atoms with Gasteiger partial charge in [-0.3, -0.25) is 0 Å². The normalized spacial score (nSPS) is 17.6. The summed E-state index contributed by atoms with van der Waals surface area (Å²) in [6, 6.07) is 3.97. The molecule has 3 N–H and O–H groups in total. The van der Waals surface area contributed by atoms with Crippen LogP contribution < -0.4 is 10.5 Å². The lowest BCUT2D eigenvalue weighted by molar-refractivity contribution is 0.412. The predicted molar refractivity (Wildman–Crippen MR) is 71.5 cm³/mol. The van der Waals surface area contributed by atoms with E-state index in [1.807, 2.05) is 0 Å². The van der Waals surface area contributed by atoms with Crippen LogP contribution >= 0.6 is 0 Å². The number of rotatable bonds is 4. The number of halogens is 1. The molecule has 4 nitrogen and oxygen atoms in total. The first-order valence-electron chi connectivity index (χ1n) is 6.54. The summed E-state index contributed by atoms with van der Waals surface area (Å²) in [6.07, 6.45) is 4.88. The fourth-order valence-electron chi connectivity index (χ4n) is 2.49. The third-order valence-electron chi connectivity index (χ3n) is 3.50. The minimum absolute atomic E-state index is 0.0411. The lowest BCUT2D eigenvalue weighted by Gasteiger charge is -2.23. The van der Waals surface area contributed by atoms with Gasteiger partial charge in [0.15, 0.2) is 0 Å². The first-order valence-corrected chi connectivity index (χ1v) is 8.02. The van der Waals surface area contributed by atoms with E-state index in [4.69, 9.17) is 5.73 Å². The zero-order valence-corrected chi connectivity index (χ0v) is 11.5. The Morgan fingerprint density at radius 3 is 2.58 bits per heavy atom. The van der Waals surface area contributed by atoms with Gasteiger partial charge in [0.2, 0.25) is 10.0 Å². The van der Waals surface area contributed by atoms with Crippen molar-refractivity contribution in [2.45, 2.75) is 49.6 Å². The molecule has 0 aromatic heterocycles. The van der Waals surface area contributed by atoms with Crippen LogP contribution in [0.15, 0.2) is 23.1 Å². The Kier molecular flexibility index (Phi) is 4.54. The Morgan fingerprint density at radius 2 is 1.95 bits per heavy atom. The van der Waals surface area contributed by atoms with Crippen molar-refractivity contribution in [2.75, 3.05) is 0 Å². The predicted octanol–water partition coefficient (Wildman–Crippen LogP) is 1.90. The lowest BCUT2D eigenvalue weighted by atomic mass is 9.96. The minimum atomic E-state index is -3.70. The topological polar surface area (TPSA) is 72.2 Å². The van der Waals surface area contributed by atoms with Gasteiger partial charge in [0.25, 0.3) is 0 Å². The average Bonchev–Trinajstić information content (AvgIpc) is 2.39. The molecule has 1 aromatic rings. The second kappa shape index (κ2) is 5.98. The molecule has 2 rings (SSSR count). The molecular formula is C13H19FN2O2S. The Morgan fingerprint density at radius 1 is 1.26 bits per heavy atom. The number of nitrogens with one attached hydrogen (secondary N) is 1. The third-order valence-corrected chi connectivity index (χ3v) is 5.10. The molecular weight excluding hydrogens is 267 g/mol. The third kappa shape index (κ3) is 3.32. The maximum absolute atomic E-state index is 13.6. The molecule has 0 atom stereocenters. The fourth-order valence-corrected chi connectivity index (χ4v) is 4.06. The molecule has 0 heterocycles. The Bertz CT molecular complexity index is 540. The number of benzene rings is 1. The van der Waals surface area contributed by atoms with Crippen LogP contribution in [0.4, 0.5) is 4.39 Å². The van der Waals surface area contributed by atoms with Gasteiger partial charge in [0.05, 0.1) is 4.90 Å². The van der Waals surface area contributed by atoms with Crippen LogP contribution in [0.2, 0.25) is 0 Å². The maximum atomic E-state index is 13.6. The molecule has 0 bridgehead atoms. The van der Waals surface area contributed by atoms with Crippen LogP contribution in [0.5, 0.6) is 0 Å². The van der Waals surface area contributed by atoms with Gasteiger partial charge in [-0.2, -0.15) is 0 Å². The van der Waals surface area contributed by atoms with Gasteiger partial charge in [-0.25, -0.2) is 17.5 Å². The quantitative estimate of drug-likeness (QED) is 0.888. The Balaban J connectivity index is 2.26. The van der Waals surface area contributed by atoms with Crippen molar-refractivity contribution in [3.63, 3.8) is 0 Å². The number of nitrogens with two attached hydrogens (primary N) is 1. The van der Waals surface area contributed by atoms with Crippen LogP contribution in [0, 0.1) is 5.82 Å². The zero-order valence-electron chi connectivity index (χ0n) is 10.7. The van der Waals surface area contributed by atoms with Crippen molar-refractivity contribution in [3.05, 3.63) is 29.6 Å². The van der Waals surface area contributed by atoms with Gasteiger partial charge in [0, 0.05) is 18.2 Å². The summed E-state index contributed by atoms with van der Waals surface area (Å²) in [7, 11) is -3.70. The molecule has 1 aliphatic carbocycles. The molecule has 1 fully saturated rings. The highest BCUT2D eigenvalue weighted by atomic mass is 32.2. The van der Waals surface area contributed by atoms with Crippen molar-refractivity contribution in [2.24, 2.45) is 5.73 Å². The highest BCUT2D eigenvalue weighted by Gasteiger charge is 2.24. The molecule has 6 heteroatoms. The summed E-state index contributed by atoms with van der Waals surface area (Å²) in [5, 5.41) is 0. The number of hydrogen-bond donors (Lipinski definition) is 2. The summed E-state index contributed by atoms with van der Waals surface area (Å²) >= 11 is 0. The van der Waals surface area contributed by atoms with Crippen LogP contribution in [-0.4, -0.2) is 14.5 Å². The summed E-state index contributed by atoms with van der Waals surface area (Å²) in [5.41, 5.74) is 5.50. The zero-order chi connectivity index (χ0) is 13.9. The monoisotopic (exact) mass is 286 g/mol. The summed E-state index contributed by atoms with van der Waals surface area (Å²) in [6.45, 7) is -0.131. The van der Waals surface area contributed by atoms with E-state index in [0.717, 1.165) is 32.1 Å². The van der Waals surface area contributed by atoms with E-state index < -0.39 is 15.8 Å². The van der Waals surface area contributed by atoms with Crippen LogP contribution in [0.25, 0.3) is 0 Å². The van der Waals surface area contributed by atoms with Crippen LogP contribution in [0.3, 0.4) is 0 Å². The average molecular weight is 286 g/mol. The van der Waals surface area contributed by atoms with E-state index in [9.17, 15) is 12.8 Å². The van der Waals surface area contributed by atoms with Gasteiger partial charge in [-0.1, -0.05) is 25.3 Å². The van der Waals surface area contributed by atoms with Crippen LogP contribution in [0.1, 0.15) is 37.7 Å². The SMILES string of the molecule is NCc1c(F)cccc1S(=O)(=O)NC1CCCCC1. The van der Waals surface area contributed by atoms with Gasteiger partial charge in [-0.05, 0) is 25.0 Å². The van der Waals surface area contributed by atoms with E-state index in [2.05, 4.69) is 4.72 Å². The highest BCUT2D eigenvalue weighted by molar-refractivity contribution is 7.89. The second-order valence-electron chi connectivity index (χ2n) is 4.88. The lowest BCUT2D eigenvalue weighted by Crippen LogP contribution is -2.36. The molecule has 0 aliphatic heterocycles. The molecule has 1 saturated carbocycles. The van der Waals surface area contributed by atoms with Gasteiger partial charge in [0.1, 0.15) is 5.82 Å². The van der Waals surface area contributed by atoms with Crippen molar-refractivity contribution >= 4 is 10.0 Å². The molecule has 0 spiro atoms. The first-order chi connectivity index (χ1) is 9.04. The fraction of sp³-hybridized carbons (Fsp3) is 0.538. The van der Waals surface area contributed by atoms with E-state index in [1.54, 1.807) is 0 Å². The van der Waals surface area contributed by atoms with E-state index in [0.29, 0.717) is 0 Å². The molecule has 106 valence electrons. The number of hydrogen-bond acceptors (Lipinski definition) is 3. The molecule has 19 heavy (non-hydrogen) atoms. The van der Waals surface area contributed by atoms with E-state index >= 15 is 0 Å². The van der Waals surface area contributed by atoms with Crippen molar-refractivity contribution in [1.29, 1.82) is 0 Å².